The molecule has 2 aromatic carbocycles. The zero-order chi connectivity index (χ0) is 24.0. The van der Waals surface area contributed by atoms with Gasteiger partial charge in [0.1, 0.15) is 12.3 Å². The number of nitrogens with zero attached hydrogens (tertiary/aromatic N) is 4. The highest BCUT2D eigenvalue weighted by atomic mass is 15.4. The first-order chi connectivity index (χ1) is 15.6. The molecule has 2 atom stereocenters. The fourth-order valence-electron chi connectivity index (χ4n) is 5.06. The molecule has 0 saturated heterocycles. The van der Waals surface area contributed by atoms with Gasteiger partial charge in [-0.1, -0.05) is 45.9 Å². The van der Waals surface area contributed by atoms with Gasteiger partial charge in [0.15, 0.2) is 0 Å². The first kappa shape index (κ1) is 23.3. The summed E-state index contributed by atoms with van der Waals surface area (Å²) in [6, 6.07) is 11.7. The number of benzene rings is 2. The number of hydrogen-bond donors (Lipinski definition) is 0. The van der Waals surface area contributed by atoms with Gasteiger partial charge in [-0.05, 0) is 72.6 Å². The fraction of sp³-hybridized carbons (Fsp3) is 0.448. The van der Waals surface area contributed by atoms with Gasteiger partial charge in [0.25, 0.3) is 0 Å². The Balaban J connectivity index is 1.99. The Morgan fingerprint density at radius 3 is 1.45 bits per heavy atom. The quantitative estimate of drug-likeness (QED) is 0.490. The summed E-state index contributed by atoms with van der Waals surface area (Å²) >= 11 is 0. The van der Waals surface area contributed by atoms with E-state index in [2.05, 4.69) is 137 Å². The van der Waals surface area contributed by atoms with E-state index in [1.165, 1.54) is 39.2 Å². The van der Waals surface area contributed by atoms with Crippen molar-refractivity contribution in [3.8, 4) is 11.1 Å². The molecule has 33 heavy (non-hydrogen) atoms. The SMILES string of the molecule is Cc1c(N2C=CN(C)[C@H]2C)cc(-c2c(C(C)C)cccc2C(C)C)cc1N1C=CN(C)[C@@H]1C. The predicted octanol–water partition coefficient (Wildman–Crippen LogP) is 7.05. The minimum atomic E-state index is 0.283. The van der Waals surface area contributed by atoms with Gasteiger partial charge in [-0.15, -0.1) is 0 Å². The molecular weight excluding hydrogens is 404 g/mol. The largest absolute Gasteiger partial charge is 0.359 e. The molecule has 4 heteroatoms. The molecule has 0 amide bonds. The van der Waals surface area contributed by atoms with E-state index < -0.39 is 0 Å². The van der Waals surface area contributed by atoms with Crippen LogP contribution in [-0.4, -0.2) is 36.2 Å². The molecule has 2 aliphatic rings. The Labute approximate surface area is 200 Å². The third-order valence-corrected chi connectivity index (χ3v) is 7.48. The van der Waals surface area contributed by atoms with E-state index in [0.717, 1.165) is 0 Å². The Hall–Kier alpha value is -2.88. The van der Waals surface area contributed by atoms with Crippen LogP contribution in [0.4, 0.5) is 11.4 Å². The van der Waals surface area contributed by atoms with Gasteiger partial charge in [-0.2, -0.15) is 0 Å². The minimum Gasteiger partial charge on any atom is -0.359 e. The van der Waals surface area contributed by atoms with Crippen LogP contribution in [0.15, 0.2) is 55.1 Å². The van der Waals surface area contributed by atoms with Crippen LogP contribution in [0.25, 0.3) is 11.1 Å². The maximum Gasteiger partial charge on any atom is 0.102 e. The molecule has 0 spiro atoms. The van der Waals surface area contributed by atoms with Crippen molar-refractivity contribution in [2.45, 2.75) is 72.6 Å². The van der Waals surface area contributed by atoms with E-state index in [4.69, 9.17) is 0 Å². The average Bonchev–Trinajstić information content (AvgIpc) is 3.29. The smallest absolute Gasteiger partial charge is 0.102 e. The molecule has 0 radical (unpaired) electrons. The molecule has 0 aliphatic carbocycles. The normalized spacial score (nSPS) is 20.3. The van der Waals surface area contributed by atoms with Gasteiger partial charge in [0.2, 0.25) is 0 Å². The van der Waals surface area contributed by atoms with Crippen molar-refractivity contribution < 1.29 is 0 Å². The highest BCUT2D eigenvalue weighted by Crippen LogP contribution is 2.43. The van der Waals surface area contributed by atoms with Crippen LogP contribution in [0.5, 0.6) is 0 Å². The summed E-state index contributed by atoms with van der Waals surface area (Å²) in [5.74, 6) is 0.917. The topological polar surface area (TPSA) is 13.0 Å². The molecular formula is C29H40N4. The molecule has 0 saturated carbocycles. The second kappa shape index (κ2) is 8.81. The zero-order valence-electron chi connectivity index (χ0n) is 21.8. The van der Waals surface area contributed by atoms with Crippen molar-refractivity contribution in [2.75, 3.05) is 23.9 Å². The molecule has 2 aromatic rings. The molecule has 2 heterocycles. The van der Waals surface area contributed by atoms with Gasteiger partial charge < -0.3 is 19.6 Å². The van der Waals surface area contributed by atoms with E-state index in [9.17, 15) is 0 Å². The highest BCUT2D eigenvalue weighted by molar-refractivity contribution is 5.83. The maximum atomic E-state index is 2.42. The lowest BCUT2D eigenvalue weighted by atomic mass is 9.84. The molecule has 176 valence electrons. The average molecular weight is 445 g/mol. The summed E-state index contributed by atoms with van der Waals surface area (Å²) in [7, 11) is 4.29. The molecule has 4 nitrogen and oxygen atoms in total. The molecule has 0 unspecified atom stereocenters. The fourth-order valence-corrected chi connectivity index (χ4v) is 5.06. The molecule has 2 aliphatic heterocycles. The van der Waals surface area contributed by atoms with Gasteiger partial charge in [-0.25, -0.2) is 0 Å². The summed E-state index contributed by atoms with van der Waals surface area (Å²) < 4.78 is 0. The summed E-state index contributed by atoms with van der Waals surface area (Å²) in [5.41, 5.74) is 9.42. The number of hydrogen-bond acceptors (Lipinski definition) is 4. The molecule has 0 fully saturated rings. The molecule has 0 aromatic heterocycles. The second-order valence-corrected chi connectivity index (χ2v) is 10.3. The Kier molecular flexibility index (Phi) is 6.22. The van der Waals surface area contributed by atoms with Crippen LogP contribution in [-0.2, 0) is 0 Å². The Bertz CT molecular complexity index is 1000. The van der Waals surface area contributed by atoms with Crippen molar-refractivity contribution >= 4 is 11.4 Å². The monoisotopic (exact) mass is 444 g/mol. The Morgan fingerprint density at radius 2 is 1.12 bits per heavy atom. The number of rotatable bonds is 5. The molecule has 4 rings (SSSR count). The van der Waals surface area contributed by atoms with Crippen LogP contribution in [0.1, 0.15) is 70.1 Å². The van der Waals surface area contributed by atoms with Crippen LogP contribution in [0, 0.1) is 6.92 Å². The summed E-state index contributed by atoms with van der Waals surface area (Å²) in [4.78, 5) is 9.34. The van der Waals surface area contributed by atoms with Gasteiger partial charge >= 0.3 is 0 Å². The van der Waals surface area contributed by atoms with Gasteiger partial charge in [0.05, 0.1) is 0 Å². The Morgan fingerprint density at radius 1 is 0.697 bits per heavy atom. The van der Waals surface area contributed by atoms with E-state index in [0.29, 0.717) is 11.8 Å². The predicted molar refractivity (Wildman–Crippen MR) is 142 cm³/mol. The van der Waals surface area contributed by atoms with E-state index in [1.807, 2.05) is 0 Å². The second-order valence-electron chi connectivity index (χ2n) is 10.3. The summed E-state index contributed by atoms with van der Waals surface area (Å²) in [5, 5.41) is 0. The van der Waals surface area contributed by atoms with Crippen molar-refractivity contribution in [1.29, 1.82) is 0 Å². The lowest BCUT2D eigenvalue weighted by Crippen LogP contribution is -2.35. The zero-order valence-corrected chi connectivity index (χ0v) is 21.8. The lowest BCUT2D eigenvalue weighted by molar-refractivity contribution is 0.381. The van der Waals surface area contributed by atoms with Gasteiger partial charge in [-0.3, -0.25) is 0 Å². The van der Waals surface area contributed by atoms with Crippen molar-refractivity contribution in [3.05, 3.63) is 71.8 Å². The standard InChI is InChI=1S/C29H40N4/c1-19(2)25-11-10-12-26(20(3)4)29(25)24-17-27(32-15-13-30(8)22(32)6)21(5)28(18-24)33-16-14-31(9)23(33)7/h10-20,22-23H,1-9H3/t22-,23+. The number of anilines is 2. The van der Waals surface area contributed by atoms with Crippen molar-refractivity contribution in [2.24, 2.45) is 0 Å². The van der Waals surface area contributed by atoms with E-state index in [-0.39, 0.29) is 12.3 Å². The van der Waals surface area contributed by atoms with Crippen molar-refractivity contribution in [3.63, 3.8) is 0 Å². The third-order valence-electron chi connectivity index (χ3n) is 7.48. The van der Waals surface area contributed by atoms with Gasteiger partial charge in [0, 0.05) is 50.3 Å². The van der Waals surface area contributed by atoms with E-state index in [1.54, 1.807) is 0 Å². The summed E-state index contributed by atoms with van der Waals surface area (Å²) in [6.07, 6.45) is 9.34. The van der Waals surface area contributed by atoms with Crippen molar-refractivity contribution in [1.82, 2.24) is 9.80 Å². The lowest BCUT2D eigenvalue weighted by Gasteiger charge is -2.33. The van der Waals surface area contributed by atoms with Crippen LogP contribution in [0.3, 0.4) is 0 Å². The molecule has 0 bridgehead atoms. The molecule has 0 N–H and O–H groups in total. The van der Waals surface area contributed by atoms with E-state index >= 15 is 0 Å². The third kappa shape index (κ3) is 4.01. The maximum absolute atomic E-state index is 2.42. The first-order valence-corrected chi connectivity index (χ1v) is 12.3. The first-order valence-electron chi connectivity index (χ1n) is 12.3. The summed E-state index contributed by atoms with van der Waals surface area (Å²) in [6.45, 7) is 16.0. The van der Waals surface area contributed by atoms with Crippen LogP contribution in [0.2, 0.25) is 0 Å². The minimum absolute atomic E-state index is 0.283. The highest BCUT2D eigenvalue weighted by Gasteiger charge is 2.28. The van der Waals surface area contributed by atoms with Crippen LogP contribution < -0.4 is 9.80 Å². The van der Waals surface area contributed by atoms with Crippen LogP contribution >= 0.6 is 0 Å².